The Morgan fingerprint density at radius 2 is 2.33 bits per heavy atom. The second kappa shape index (κ2) is 3.00. The van der Waals surface area contributed by atoms with Gasteiger partial charge in [0.2, 0.25) is 0 Å². The first-order valence-corrected chi connectivity index (χ1v) is 3.83. The third-order valence-corrected chi connectivity index (χ3v) is 2.02. The molecule has 1 heteroatoms. The van der Waals surface area contributed by atoms with E-state index in [1.807, 2.05) is 0 Å². The van der Waals surface area contributed by atoms with E-state index in [2.05, 4.69) is 6.92 Å². The molecule has 1 saturated carbocycles. The van der Waals surface area contributed by atoms with E-state index in [-0.39, 0.29) is 0 Å². The van der Waals surface area contributed by atoms with Crippen LogP contribution in [0, 0.1) is 11.8 Å². The minimum atomic E-state index is 0.398. The van der Waals surface area contributed by atoms with Gasteiger partial charge in [-0.05, 0) is 25.2 Å². The Balaban J connectivity index is 2.20. The van der Waals surface area contributed by atoms with Gasteiger partial charge < -0.3 is 4.79 Å². The molecule has 1 rings (SSSR count). The highest BCUT2D eigenvalue weighted by atomic mass is 16.1. The maximum atomic E-state index is 10.4. The second-order valence-corrected chi connectivity index (χ2v) is 2.93. The fourth-order valence-corrected chi connectivity index (χ4v) is 1.27. The fraction of sp³-hybridized carbons (Fsp3) is 0.875. The van der Waals surface area contributed by atoms with Gasteiger partial charge in [-0.1, -0.05) is 13.3 Å². The van der Waals surface area contributed by atoms with Crippen molar-refractivity contribution < 1.29 is 4.79 Å². The molecule has 0 heterocycles. The van der Waals surface area contributed by atoms with Crippen LogP contribution in [0.2, 0.25) is 0 Å². The van der Waals surface area contributed by atoms with E-state index in [1.165, 1.54) is 12.8 Å². The predicted molar refractivity (Wildman–Crippen MR) is 37.2 cm³/mol. The standard InChI is InChI=1S/C8H14O/c1-2-3-8(6-9)7-4-5-7/h6-8H,2-5H2,1H3. The van der Waals surface area contributed by atoms with Crippen molar-refractivity contribution in [2.75, 3.05) is 0 Å². The highest BCUT2D eigenvalue weighted by molar-refractivity contribution is 5.54. The largest absolute Gasteiger partial charge is 0.303 e. The predicted octanol–water partition coefficient (Wildman–Crippen LogP) is 2.01. The van der Waals surface area contributed by atoms with Gasteiger partial charge in [0.15, 0.2) is 0 Å². The molecule has 0 spiro atoms. The first-order chi connectivity index (χ1) is 4.38. The van der Waals surface area contributed by atoms with Crippen molar-refractivity contribution in [2.45, 2.75) is 32.6 Å². The Labute approximate surface area is 56.4 Å². The number of aldehydes is 1. The van der Waals surface area contributed by atoms with Crippen molar-refractivity contribution >= 4 is 6.29 Å². The van der Waals surface area contributed by atoms with Crippen LogP contribution >= 0.6 is 0 Å². The summed E-state index contributed by atoms with van der Waals surface area (Å²) in [4.78, 5) is 10.4. The Bertz CT molecular complexity index is 94.7. The van der Waals surface area contributed by atoms with Crippen LogP contribution in [0.25, 0.3) is 0 Å². The molecule has 0 aromatic heterocycles. The van der Waals surface area contributed by atoms with Gasteiger partial charge >= 0.3 is 0 Å². The number of carbonyl (C=O) groups is 1. The number of hydrogen-bond donors (Lipinski definition) is 0. The van der Waals surface area contributed by atoms with Crippen LogP contribution in [-0.4, -0.2) is 6.29 Å². The molecule has 1 unspecified atom stereocenters. The summed E-state index contributed by atoms with van der Waals surface area (Å²) < 4.78 is 0. The van der Waals surface area contributed by atoms with Crippen LogP contribution in [0.5, 0.6) is 0 Å². The van der Waals surface area contributed by atoms with Gasteiger partial charge in [0.1, 0.15) is 6.29 Å². The third kappa shape index (κ3) is 1.81. The zero-order chi connectivity index (χ0) is 6.69. The molecule has 52 valence electrons. The lowest BCUT2D eigenvalue weighted by Gasteiger charge is -2.03. The maximum absolute atomic E-state index is 10.4. The maximum Gasteiger partial charge on any atom is 0.123 e. The second-order valence-electron chi connectivity index (χ2n) is 2.93. The summed E-state index contributed by atoms with van der Waals surface area (Å²) in [7, 11) is 0. The average molecular weight is 126 g/mol. The molecule has 1 atom stereocenters. The van der Waals surface area contributed by atoms with E-state index in [0.717, 1.165) is 25.0 Å². The molecule has 0 aromatic rings. The van der Waals surface area contributed by atoms with Crippen molar-refractivity contribution in [1.29, 1.82) is 0 Å². The molecular formula is C8H14O. The van der Waals surface area contributed by atoms with Crippen LogP contribution < -0.4 is 0 Å². The van der Waals surface area contributed by atoms with E-state index < -0.39 is 0 Å². The lowest BCUT2D eigenvalue weighted by Crippen LogP contribution is -2.02. The zero-order valence-electron chi connectivity index (χ0n) is 5.97. The molecule has 0 bridgehead atoms. The van der Waals surface area contributed by atoms with Crippen molar-refractivity contribution in [3.05, 3.63) is 0 Å². The van der Waals surface area contributed by atoms with Gasteiger partial charge in [0.25, 0.3) is 0 Å². The fourth-order valence-electron chi connectivity index (χ4n) is 1.27. The van der Waals surface area contributed by atoms with Crippen molar-refractivity contribution in [3.8, 4) is 0 Å². The molecule has 0 N–H and O–H groups in total. The summed E-state index contributed by atoms with van der Waals surface area (Å²) in [5.41, 5.74) is 0. The van der Waals surface area contributed by atoms with Crippen LogP contribution in [0.4, 0.5) is 0 Å². The minimum Gasteiger partial charge on any atom is -0.303 e. The summed E-state index contributed by atoms with van der Waals surface area (Å²) >= 11 is 0. The van der Waals surface area contributed by atoms with E-state index in [0.29, 0.717) is 5.92 Å². The van der Waals surface area contributed by atoms with Gasteiger partial charge in [0.05, 0.1) is 0 Å². The van der Waals surface area contributed by atoms with Crippen molar-refractivity contribution in [3.63, 3.8) is 0 Å². The molecule has 9 heavy (non-hydrogen) atoms. The minimum absolute atomic E-state index is 0.398. The molecule has 0 aliphatic heterocycles. The van der Waals surface area contributed by atoms with Crippen molar-refractivity contribution in [2.24, 2.45) is 11.8 Å². The summed E-state index contributed by atoms with van der Waals surface area (Å²) in [5.74, 6) is 1.16. The zero-order valence-corrected chi connectivity index (χ0v) is 5.97. The molecule has 1 aliphatic carbocycles. The molecule has 0 aromatic carbocycles. The highest BCUT2D eigenvalue weighted by Crippen LogP contribution is 2.37. The van der Waals surface area contributed by atoms with Crippen LogP contribution in [0.1, 0.15) is 32.6 Å². The topological polar surface area (TPSA) is 17.1 Å². The molecule has 1 nitrogen and oxygen atoms in total. The van der Waals surface area contributed by atoms with Gasteiger partial charge in [-0.3, -0.25) is 0 Å². The molecule has 1 aliphatic rings. The van der Waals surface area contributed by atoms with Gasteiger partial charge in [0, 0.05) is 5.92 Å². The molecule has 1 fully saturated rings. The smallest absolute Gasteiger partial charge is 0.123 e. The molecular weight excluding hydrogens is 112 g/mol. The first kappa shape index (κ1) is 6.79. The summed E-state index contributed by atoms with van der Waals surface area (Å²) in [6, 6.07) is 0. The normalized spacial score (nSPS) is 21.4. The van der Waals surface area contributed by atoms with Gasteiger partial charge in [-0.15, -0.1) is 0 Å². The lowest BCUT2D eigenvalue weighted by molar-refractivity contribution is -0.111. The Hall–Kier alpha value is -0.330. The first-order valence-electron chi connectivity index (χ1n) is 3.83. The Kier molecular flexibility index (Phi) is 2.26. The summed E-state index contributed by atoms with van der Waals surface area (Å²) in [6.45, 7) is 2.14. The lowest BCUT2D eigenvalue weighted by atomic mass is 10.0. The molecule has 0 saturated heterocycles. The highest BCUT2D eigenvalue weighted by Gasteiger charge is 2.29. The summed E-state index contributed by atoms with van der Waals surface area (Å²) in [6.07, 6.45) is 5.99. The number of rotatable bonds is 4. The van der Waals surface area contributed by atoms with Crippen LogP contribution in [0.15, 0.2) is 0 Å². The Morgan fingerprint density at radius 1 is 1.67 bits per heavy atom. The quantitative estimate of drug-likeness (QED) is 0.526. The monoisotopic (exact) mass is 126 g/mol. The molecule has 0 radical (unpaired) electrons. The van der Waals surface area contributed by atoms with E-state index in [1.54, 1.807) is 0 Å². The average Bonchev–Trinajstić information content (AvgIpc) is 2.64. The third-order valence-electron chi connectivity index (χ3n) is 2.02. The van der Waals surface area contributed by atoms with Crippen molar-refractivity contribution in [1.82, 2.24) is 0 Å². The summed E-state index contributed by atoms with van der Waals surface area (Å²) in [5, 5.41) is 0. The number of carbonyl (C=O) groups excluding carboxylic acids is 1. The van der Waals surface area contributed by atoms with Crippen LogP contribution in [-0.2, 0) is 4.79 Å². The van der Waals surface area contributed by atoms with Gasteiger partial charge in [-0.2, -0.15) is 0 Å². The van der Waals surface area contributed by atoms with E-state index >= 15 is 0 Å². The van der Waals surface area contributed by atoms with Gasteiger partial charge in [-0.25, -0.2) is 0 Å². The van der Waals surface area contributed by atoms with E-state index in [4.69, 9.17) is 0 Å². The van der Waals surface area contributed by atoms with E-state index in [9.17, 15) is 4.79 Å². The molecule has 0 amide bonds. The van der Waals surface area contributed by atoms with Crippen LogP contribution in [0.3, 0.4) is 0 Å². The number of hydrogen-bond acceptors (Lipinski definition) is 1. The SMILES string of the molecule is CCCC(C=O)C1CC1. The Morgan fingerprint density at radius 3 is 2.67 bits per heavy atom.